The standard InChI is InChI=1S/C12H13FN2O2S2/c1-7-5-10(13)11(14)8(2)12(7)19(16,17)15-9-3-4-18-6-9/h3-6,15H,14H2,1-2H3. The largest absolute Gasteiger partial charge is 0.396 e. The van der Waals surface area contributed by atoms with Gasteiger partial charge < -0.3 is 5.73 Å². The Morgan fingerprint density at radius 2 is 2.05 bits per heavy atom. The highest BCUT2D eigenvalue weighted by Crippen LogP contribution is 2.29. The van der Waals surface area contributed by atoms with Gasteiger partial charge in [0.05, 0.1) is 16.3 Å². The fourth-order valence-corrected chi connectivity index (χ4v) is 4.07. The van der Waals surface area contributed by atoms with Gasteiger partial charge in [0.2, 0.25) is 0 Å². The van der Waals surface area contributed by atoms with Crippen LogP contribution in [0.5, 0.6) is 0 Å². The molecule has 2 rings (SSSR count). The van der Waals surface area contributed by atoms with Crippen molar-refractivity contribution < 1.29 is 12.8 Å². The molecule has 0 amide bonds. The van der Waals surface area contributed by atoms with Crippen LogP contribution in [-0.2, 0) is 10.0 Å². The van der Waals surface area contributed by atoms with Crippen molar-refractivity contribution in [2.75, 3.05) is 10.5 Å². The molecule has 102 valence electrons. The van der Waals surface area contributed by atoms with E-state index in [1.165, 1.54) is 25.2 Å². The first kappa shape index (κ1) is 13.8. The van der Waals surface area contributed by atoms with Crippen molar-refractivity contribution >= 4 is 32.7 Å². The summed E-state index contributed by atoms with van der Waals surface area (Å²) in [6.45, 7) is 3.03. The number of rotatable bonds is 3. The first-order valence-corrected chi connectivity index (χ1v) is 7.85. The lowest BCUT2D eigenvalue weighted by molar-refractivity contribution is 0.598. The Hall–Kier alpha value is -1.60. The minimum atomic E-state index is -3.77. The molecular formula is C12H13FN2O2S2. The monoisotopic (exact) mass is 300 g/mol. The number of sulfonamides is 1. The van der Waals surface area contributed by atoms with E-state index in [4.69, 9.17) is 5.73 Å². The SMILES string of the molecule is Cc1cc(F)c(N)c(C)c1S(=O)(=O)Nc1ccsc1. The van der Waals surface area contributed by atoms with Crippen LogP contribution in [0.3, 0.4) is 0 Å². The highest BCUT2D eigenvalue weighted by molar-refractivity contribution is 7.92. The Morgan fingerprint density at radius 1 is 1.37 bits per heavy atom. The maximum absolute atomic E-state index is 13.4. The van der Waals surface area contributed by atoms with Crippen molar-refractivity contribution in [3.05, 3.63) is 39.8 Å². The molecule has 0 saturated carbocycles. The van der Waals surface area contributed by atoms with Gasteiger partial charge in [-0.05, 0) is 42.5 Å². The van der Waals surface area contributed by atoms with Gasteiger partial charge in [-0.2, -0.15) is 11.3 Å². The number of benzene rings is 1. The smallest absolute Gasteiger partial charge is 0.262 e. The molecule has 0 radical (unpaired) electrons. The molecule has 0 aliphatic heterocycles. The number of halogens is 1. The molecule has 7 heteroatoms. The zero-order valence-electron chi connectivity index (χ0n) is 10.4. The Morgan fingerprint density at radius 3 is 2.63 bits per heavy atom. The second-order valence-corrected chi connectivity index (χ2v) is 6.56. The zero-order chi connectivity index (χ0) is 14.2. The van der Waals surface area contributed by atoms with Crippen LogP contribution in [0.25, 0.3) is 0 Å². The molecule has 0 spiro atoms. The molecular weight excluding hydrogens is 287 g/mol. The summed E-state index contributed by atoms with van der Waals surface area (Å²) in [6, 6.07) is 2.78. The maximum atomic E-state index is 13.4. The minimum Gasteiger partial charge on any atom is -0.396 e. The average Bonchev–Trinajstić information content (AvgIpc) is 2.77. The van der Waals surface area contributed by atoms with Gasteiger partial charge >= 0.3 is 0 Å². The molecule has 0 fully saturated rings. The van der Waals surface area contributed by atoms with Crippen molar-refractivity contribution in [3.8, 4) is 0 Å². The summed E-state index contributed by atoms with van der Waals surface area (Å²) in [7, 11) is -3.77. The lowest BCUT2D eigenvalue weighted by Gasteiger charge is -2.14. The summed E-state index contributed by atoms with van der Waals surface area (Å²) in [6.07, 6.45) is 0. The maximum Gasteiger partial charge on any atom is 0.262 e. The number of nitrogen functional groups attached to an aromatic ring is 1. The summed E-state index contributed by atoms with van der Waals surface area (Å²) in [5.41, 5.74) is 6.44. The van der Waals surface area contributed by atoms with Crippen LogP contribution in [0.15, 0.2) is 27.8 Å². The van der Waals surface area contributed by atoms with Gasteiger partial charge in [-0.15, -0.1) is 0 Å². The molecule has 0 aliphatic carbocycles. The predicted molar refractivity (Wildman–Crippen MR) is 75.4 cm³/mol. The van der Waals surface area contributed by atoms with E-state index in [9.17, 15) is 12.8 Å². The molecule has 0 atom stereocenters. The molecule has 0 aliphatic rings. The van der Waals surface area contributed by atoms with Crippen molar-refractivity contribution in [1.82, 2.24) is 0 Å². The van der Waals surface area contributed by atoms with Crippen molar-refractivity contribution in [3.63, 3.8) is 0 Å². The van der Waals surface area contributed by atoms with E-state index < -0.39 is 15.8 Å². The lowest BCUT2D eigenvalue weighted by Crippen LogP contribution is -2.16. The quantitative estimate of drug-likeness (QED) is 0.856. The molecule has 2 aromatic rings. The van der Waals surface area contributed by atoms with E-state index in [0.29, 0.717) is 11.3 Å². The normalized spacial score (nSPS) is 11.5. The fourth-order valence-electron chi connectivity index (χ4n) is 1.87. The summed E-state index contributed by atoms with van der Waals surface area (Å²) in [5.74, 6) is -0.607. The van der Waals surface area contributed by atoms with Crippen LogP contribution < -0.4 is 10.5 Å². The van der Waals surface area contributed by atoms with Gasteiger partial charge in [0.15, 0.2) is 0 Å². The number of thiophene rings is 1. The Bertz CT molecular complexity index is 710. The Kier molecular flexibility index (Phi) is 3.51. The van der Waals surface area contributed by atoms with Gasteiger partial charge in [-0.3, -0.25) is 4.72 Å². The zero-order valence-corrected chi connectivity index (χ0v) is 12.0. The number of aryl methyl sites for hydroxylation is 1. The van der Waals surface area contributed by atoms with E-state index in [-0.39, 0.29) is 16.1 Å². The Balaban J connectivity index is 2.55. The highest BCUT2D eigenvalue weighted by Gasteiger charge is 2.23. The third kappa shape index (κ3) is 2.57. The van der Waals surface area contributed by atoms with Crippen molar-refractivity contribution in [1.29, 1.82) is 0 Å². The van der Waals surface area contributed by atoms with Gasteiger partial charge in [0, 0.05) is 5.38 Å². The molecule has 1 aromatic heterocycles. The molecule has 4 nitrogen and oxygen atoms in total. The molecule has 0 unspecified atom stereocenters. The first-order valence-electron chi connectivity index (χ1n) is 5.43. The third-order valence-electron chi connectivity index (χ3n) is 2.75. The Labute approximate surface area is 115 Å². The molecule has 0 saturated heterocycles. The van der Waals surface area contributed by atoms with E-state index in [0.717, 1.165) is 6.07 Å². The van der Waals surface area contributed by atoms with Crippen LogP contribution in [0, 0.1) is 19.7 Å². The van der Waals surface area contributed by atoms with E-state index in [1.807, 2.05) is 0 Å². The van der Waals surface area contributed by atoms with Crippen LogP contribution in [0.2, 0.25) is 0 Å². The van der Waals surface area contributed by atoms with Gasteiger partial charge in [-0.1, -0.05) is 0 Å². The van der Waals surface area contributed by atoms with Crippen LogP contribution >= 0.6 is 11.3 Å². The van der Waals surface area contributed by atoms with Gasteiger partial charge in [0.25, 0.3) is 10.0 Å². The molecule has 0 bridgehead atoms. The second kappa shape index (κ2) is 4.82. The predicted octanol–water partition coefficient (Wildman–Crippen LogP) is 2.89. The number of nitrogens with two attached hydrogens (primary N) is 1. The number of hydrogen-bond donors (Lipinski definition) is 2. The number of nitrogens with one attached hydrogen (secondary N) is 1. The van der Waals surface area contributed by atoms with E-state index >= 15 is 0 Å². The lowest BCUT2D eigenvalue weighted by atomic mass is 10.1. The minimum absolute atomic E-state index is 0.0256. The highest BCUT2D eigenvalue weighted by atomic mass is 32.2. The van der Waals surface area contributed by atoms with E-state index in [2.05, 4.69) is 4.72 Å². The summed E-state index contributed by atoms with van der Waals surface area (Å²) in [4.78, 5) is 0.0256. The first-order chi connectivity index (χ1) is 8.83. The average molecular weight is 300 g/mol. The summed E-state index contributed by atoms with van der Waals surface area (Å²) < 4.78 is 40.5. The molecule has 1 aromatic carbocycles. The van der Waals surface area contributed by atoms with E-state index in [1.54, 1.807) is 16.8 Å². The molecule has 19 heavy (non-hydrogen) atoms. The summed E-state index contributed by atoms with van der Waals surface area (Å²) in [5, 5.41) is 3.44. The number of anilines is 2. The van der Waals surface area contributed by atoms with Crippen molar-refractivity contribution in [2.24, 2.45) is 0 Å². The van der Waals surface area contributed by atoms with Gasteiger partial charge in [0.1, 0.15) is 5.82 Å². The second-order valence-electron chi connectivity index (χ2n) is 4.16. The molecule has 3 N–H and O–H groups in total. The third-order valence-corrected chi connectivity index (χ3v) is 5.10. The van der Waals surface area contributed by atoms with Crippen LogP contribution in [0.1, 0.15) is 11.1 Å². The summed E-state index contributed by atoms with van der Waals surface area (Å²) >= 11 is 1.38. The topological polar surface area (TPSA) is 72.2 Å². The van der Waals surface area contributed by atoms with Crippen LogP contribution in [0.4, 0.5) is 15.8 Å². The molecule has 1 heterocycles. The van der Waals surface area contributed by atoms with Gasteiger partial charge in [-0.25, -0.2) is 12.8 Å². The van der Waals surface area contributed by atoms with Crippen molar-refractivity contribution in [2.45, 2.75) is 18.7 Å². The number of hydrogen-bond acceptors (Lipinski definition) is 4. The van der Waals surface area contributed by atoms with Crippen LogP contribution in [-0.4, -0.2) is 8.42 Å². The fraction of sp³-hybridized carbons (Fsp3) is 0.167.